The van der Waals surface area contributed by atoms with Crippen LogP contribution in [-0.4, -0.2) is 216 Å². The summed E-state index contributed by atoms with van der Waals surface area (Å²) in [5.41, 5.74) is -5.09. The fourth-order valence-electron chi connectivity index (χ4n) is 12.6. The molecule has 1 unspecified atom stereocenters. The van der Waals surface area contributed by atoms with Crippen LogP contribution in [0.2, 0.25) is 0 Å². The number of hydrogen-bond donors (Lipinski definition) is 5. The van der Waals surface area contributed by atoms with E-state index in [2.05, 4.69) is 20.1 Å². The molecule has 0 aromatic heterocycles. The van der Waals surface area contributed by atoms with E-state index >= 15 is 9.59 Å². The van der Waals surface area contributed by atoms with Crippen molar-refractivity contribution in [1.29, 1.82) is 0 Å². The molecule has 4 aliphatic heterocycles. The van der Waals surface area contributed by atoms with Crippen LogP contribution in [-0.2, 0) is 92.3 Å². The van der Waals surface area contributed by atoms with Gasteiger partial charge < -0.3 is 82.5 Å². The van der Waals surface area contributed by atoms with Crippen LogP contribution in [0.1, 0.15) is 135 Å². The molecular weight excluding hydrogens is 1250 g/mol. The molecule has 1 aromatic carbocycles. The number of Topliss-reactive ketones (excluding diaryl/α,β-unsaturated/α-hetero) is 1. The molecule has 30 heteroatoms. The number of hydrogen-bond acceptors (Lipinski definition) is 23. The lowest BCUT2D eigenvalue weighted by atomic mass is 9.74. The number of ether oxygens (including phenoxy) is 11. The van der Waals surface area contributed by atoms with Crippen molar-refractivity contribution in [3.63, 3.8) is 0 Å². The van der Waals surface area contributed by atoms with Crippen LogP contribution in [0.3, 0.4) is 0 Å². The van der Waals surface area contributed by atoms with Crippen molar-refractivity contribution in [3.05, 3.63) is 29.8 Å². The zero-order valence-electron chi connectivity index (χ0n) is 57.1. The molecular formula is C63H103F3N4O22S. The molecule has 1 amide bonds. The third-order valence-corrected chi connectivity index (χ3v) is 19.0. The minimum atomic E-state index is -5.03. The van der Waals surface area contributed by atoms with E-state index in [1.807, 2.05) is 20.9 Å². The lowest BCUT2D eigenvalue weighted by Gasteiger charge is -2.45. The summed E-state index contributed by atoms with van der Waals surface area (Å²) in [6, 6.07) is 3.55. The maximum Gasteiger partial charge on any atom is 0.417 e. The molecule has 534 valence electrons. The number of esters is 2. The van der Waals surface area contributed by atoms with Gasteiger partial charge in [-0.25, -0.2) is 17.9 Å². The van der Waals surface area contributed by atoms with E-state index in [4.69, 9.17) is 66.8 Å². The van der Waals surface area contributed by atoms with Gasteiger partial charge in [-0.05, 0) is 92.8 Å². The number of ketones is 1. The number of aliphatic hydroxyl groups is 2. The van der Waals surface area contributed by atoms with Gasteiger partial charge in [0, 0.05) is 70.4 Å². The molecule has 5 rings (SSSR count). The number of rotatable bonds is 20. The summed E-state index contributed by atoms with van der Waals surface area (Å²) in [5.74, 6) is -8.83. The van der Waals surface area contributed by atoms with E-state index in [0.29, 0.717) is 19.0 Å². The number of methoxy groups -OCH3 is 2. The summed E-state index contributed by atoms with van der Waals surface area (Å²) in [6.45, 7) is 24.4. The predicted octanol–water partition coefficient (Wildman–Crippen LogP) is 6.48. The molecule has 26 nitrogen and oxygen atoms in total. The van der Waals surface area contributed by atoms with Crippen LogP contribution in [0.5, 0.6) is 0 Å². The third-order valence-electron chi connectivity index (χ3n) is 17.5. The lowest BCUT2D eigenvalue weighted by Crippen LogP contribution is -2.59. The Balaban J connectivity index is 0.00000602. The summed E-state index contributed by atoms with van der Waals surface area (Å²) in [7, 11) is 1.24. The second-order valence-electron chi connectivity index (χ2n) is 26.6. The number of cyclic esters (lactones) is 1. The van der Waals surface area contributed by atoms with Gasteiger partial charge in [0.25, 0.3) is 6.47 Å². The van der Waals surface area contributed by atoms with Crippen LogP contribution in [0.15, 0.2) is 34.3 Å². The van der Waals surface area contributed by atoms with Crippen molar-refractivity contribution in [2.45, 2.75) is 244 Å². The first-order chi connectivity index (χ1) is 43.2. The van der Waals surface area contributed by atoms with E-state index in [1.165, 1.54) is 49.0 Å². The number of likely N-dealkylation sites (N-methyl/N-ethyl adjacent to an activating group) is 1. The second kappa shape index (κ2) is 35.0. The molecule has 0 spiro atoms. The smallest absolute Gasteiger partial charge is 0.417 e. The number of alkyl carbamates (subject to hydrolysis) is 1. The Morgan fingerprint density at radius 1 is 0.860 bits per heavy atom. The number of sulfonamides is 1. The first-order valence-corrected chi connectivity index (χ1v) is 33.0. The van der Waals surface area contributed by atoms with Crippen LogP contribution in [0.25, 0.3) is 0 Å². The summed E-state index contributed by atoms with van der Waals surface area (Å²) in [4.78, 5) is 74.9. The fraction of sp³-hybridized carbons (Fsp3) is 0.810. The van der Waals surface area contributed by atoms with Gasteiger partial charge in [0.15, 0.2) is 30.3 Å². The molecule has 4 heterocycles. The van der Waals surface area contributed by atoms with E-state index in [1.54, 1.807) is 62.3 Å². The van der Waals surface area contributed by atoms with Crippen molar-refractivity contribution < 1.29 is 118 Å². The number of benzene rings is 1. The average molecular weight is 1360 g/mol. The van der Waals surface area contributed by atoms with Crippen LogP contribution in [0.4, 0.5) is 18.0 Å². The number of halogens is 3. The maximum absolute atomic E-state index is 16.1. The SMILES string of the molecule is CO/N=C1\C[C@@H](C)O[C@@H](O[C@@H]2[C@@H](C)[C@H](O[C@H]3CC(C)N(C)C[C@H](C)O3)[C@@H](C)C(=O)O[C@H]([C@@H](C)CO[C@@H]3O[C@H](C)[C@@H](O)[C@@H](OC)[C@H]3OC)[C@H](C)[C@@H](OC(=O)CC(C)C)[C@@H](C)C(=O)[C@@](C)(OC(=O)NC(C)(C)CNS(=O)(=O)c3ccccc3C(F)(F)F)C[C@@H]2C)[C@@H]1O.O=CO. The number of carboxylic acid groups (broad SMARTS) is 1. The Bertz CT molecular complexity index is 2730. The third kappa shape index (κ3) is 21.9. The van der Waals surface area contributed by atoms with Gasteiger partial charge in [-0.1, -0.05) is 65.8 Å². The molecule has 93 heavy (non-hydrogen) atoms. The Morgan fingerprint density at radius 3 is 2.08 bits per heavy atom. The van der Waals surface area contributed by atoms with E-state index in [-0.39, 0.29) is 49.7 Å². The standard InChI is InChI=1S/C62H101F3N4O20S.CH2O2/c1-31(2)24-45(70)85-51-38(9)50(33(4)29-81-58-54(79-18)53(78-17)47(71)41(12)84-58)87-56(74)40(11)52(86-46-25-34(5)69(16)28-36(7)82-46)37(8)49(88-57-48(72)43(68-80-19)26-35(6)83-57)32(3)27-61(15,55(73)39(51)10)89-59(75)67-60(13,14)30-66-90(76,77)44-23-21-20-22-42(44)62(63,64)65;2-1-3/h20-23,31-41,46-54,57-58,66,71-72H,24-30H2,1-19H3,(H,67,75);1H,(H,2,3)/b68-43+;/t32-,33-,34?,35+,36-,37+,38-,39+,40+,41+,46-,47+,48+,49-,50+,51+,52-,53+,54+,57-,58+,61-;/m0./s1. The molecule has 0 saturated carbocycles. The zero-order chi connectivity index (χ0) is 70.4. The largest absolute Gasteiger partial charge is 0.483 e. The molecule has 0 aliphatic carbocycles. The van der Waals surface area contributed by atoms with Gasteiger partial charge >= 0.3 is 24.2 Å². The number of oxime groups is 1. The van der Waals surface area contributed by atoms with Gasteiger partial charge in [0.1, 0.15) is 43.7 Å². The molecule has 22 atom stereocenters. The monoisotopic (exact) mass is 1360 g/mol. The Kier molecular flexibility index (Phi) is 30.4. The molecule has 0 bridgehead atoms. The topological polar surface area (TPSA) is 331 Å². The van der Waals surface area contributed by atoms with Crippen LogP contribution >= 0.6 is 0 Å². The van der Waals surface area contributed by atoms with Crippen molar-refractivity contribution >= 4 is 46.0 Å². The first kappa shape index (κ1) is 80.7. The van der Waals surface area contributed by atoms with Crippen molar-refractivity contribution in [1.82, 2.24) is 14.9 Å². The fourth-order valence-corrected chi connectivity index (χ4v) is 14.0. The number of amides is 1. The Morgan fingerprint density at radius 2 is 1.48 bits per heavy atom. The quantitative estimate of drug-likeness (QED) is 0.0403. The van der Waals surface area contributed by atoms with E-state index in [9.17, 15) is 41.4 Å². The van der Waals surface area contributed by atoms with Crippen LogP contribution < -0.4 is 10.0 Å². The highest BCUT2D eigenvalue weighted by Crippen LogP contribution is 2.41. The van der Waals surface area contributed by atoms with Gasteiger partial charge in [0.2, 0.25) is 10.0 Å². The van der Waals surface area contributed by atoms with Crippen molar-refractivity contribution in [2.75, 3.05) is 48.1 Å². The Hall–Kier alpha value is -4.70. The van der Waals surface area contributed by atoms with Crippen LogP contribution in [0, 0.1) is 41.4 Å². The first-order valence-electron chi connectivity index (χ1n) is 31.5. The summed E-state index contributed by atoms with van der Waals surface area (Å²) < 4.78 is 142. The summed E-state index contributed by atoms with van der Waals surface area (Å²) in [5, 5.41) is 36.4. The van der Waals surface area contributed by atoms with Gasteiger partial charge in [-0.3, -0.25) is 19.2 Å². The zero-order valence-corrected chi connectivity index (χ0v) is 57.9. The minimum absolute atomic E-state index is 0.0706. The highest BCUT2D eigenvalue weighted by Gasteiger charge is 2.53. The molecule has 4 fully saturated rings. The molecule has 4 aliphatic rings. The number of aliphatic hydroxyl groups excluding tert-OH is 2. The van der Waals surface area contributed by atoms with E-state index < -0.39 is 190 Å². The number of nitrogens with one attached hydrogen (secondary N) is 2. The number of nitrogens with zero attached hydrogens (tertiary/aromatic N) is 2. The van der Waals surface area contributed by atoms with Crippen molar-refractivity contribution in [3.8, 4) is 0 Å². The van der Waals surface area contributed by atoms with Gasteiger partial charge in [0.05, 0.1) is 70.7 Å². The highest BCUT2D eigenvalue weighted by atomic mass is 32.2. The highest BCUT2D eigenvalue weighted by molar-refractivity contribution is 7.89. The van der Waals surface area contributed by atoms with Gasteiger partial charge in [-0.15, -0.1) is 0 Å². The minimum Gasteiger partial charge on any atom is -0.483 e. The second-order valence-corrected chi connectivity index (χ2v) is 28.3. The normalized spacial score (nSPS) is 35.6. The molecule has 1 aromatic rings. The molecule has 5 N–H and O–H groups in total. The Labute approximate surface area is 545 Å². The van der Waals surface area contributed by atoms with Gasteiger partial charge in [-0.2, -0.15) is 13.2 Å². The average Bonchev–Trinajstić information content (AvgIpc) is 0.984. The number of carbonyl (C=O) groups is 5. The maximum atomic E-state index is 16.1. The number of carbonyl (C=O) groups excluding carboxylic acids is 4. The number of alkyl halides is 3. The molecule has 0 radical (unpaired) electrons. The van der Waals surface area contributed by atoms with Crippen molar-refractivity contribution in [2.24, 2.45) is 46.6 Å². The summed E-state index contributed by atoms with van der Waals surface area (Å²) in [6.07, 6.45) is -20.9. The molecule has 4 saturated heterocycles. The summed E-state index contributed by atoms with van der Waals surface area (Å²) >= 11 is 0. The predicted molar refractivity (Wildman–Crippen MR) is 329 cm³/mol. The lowest BCUT2D eigenvalue weighted by molar-refractivity contribution is -0.305. The van der Waals surface area contributed by atoms with E-state index in [0.717, 1.165) is 18.2 Å².